The zero-order chi connectivity index (χ0) is 19.0. The number of tetrazole rings is 1. The lowest BCUT2D eigenvalue weighted by atomic mass is 10.0. The van der Waals surface area contributed by atoms with Gasteiger partial charge in [-0.05, 0) is 28.8 Å². The van der Waals surface area contributed by atoms with Crippen molar-refractivity contribution >= 4 is 27.7 Å². The van der Waals surface area contributed by atoms with E-state index in [0.29, 0.717) is 17.5 Å². The van der Waals surface area contributed by atoms with Crippen LogP contribution in [0.15, 0.2) is 58.6 Å². The second kappa shape index (κ2) is 6.78. The standard InChI is InChI=1S/C17H15N5O3S2/c1-2-11-9-6-10-13-14(11)15(23)22(27(13,24)25)16(12-7-4-3-5-8-12)26-17-18-20-21-19-17/h3-10,16H,2H2,1H3,(H,18,19,20,21). The maximum absolute atomic E-state index is 13.2. The van der Waals surface area contributed by atoms with E-state index in [9.17, 15) is 13.2 Å². The molecule has 1 atom stereocenters. The molecule has 27 heavy (non-hydrogen) atoms. The SMILES string of the molecule is CCc1cccc2c1C(=O)N(C(Sc1nn[nH]n1)c1ccccc1)S2(=O)=O. The maximum Gasteiger partial charge on any atom is 0.270 e. The van der Waals surface area contributed by atoms with Crippen LogP contribution in [0, 0.1) is 0 Å². The molecule has 0 saturated carbocycles. The highest BCUT2D eigenvalue weighted by molar-refractivity contribution is 8.00. The molecule has 3 aromatic rings. The average Bonchev–Trinajstić information content (AvgIpc) is 3.26. The predicted molar refractivity (Wildman–Crippen MR) is 98.4 cm³/mol. The minimum atomic E-state index is -4.00. The summed E-state index contributed by atoms with van der Waals surface area (Å²) >= 11 is 1.05. The molecule has 1 aliphatic heterocycles. The summed E-state index contributed by atoms with van der Waals surface area (Å²) in [4.78, 5) is 13.2. The van der Waals surface area contributed by atoms with E-state index in [2.05, 4.69) is 20.6 Å². The van der Waals surface area contributed by atoms with Gasteiger partial charge in [0.2, 0.25) is 5.16 Å². The van der Waals surface area contributed by atoms with E-state index < -0.39 is 21.3 Å². The number of rotatable bonds is 5. The molecule has 0 fully saturated rings. The van der Waals surface area contributed by atoms with Crippen LogP contribution < -0.4 is 0 Å². The van der Waals surface area contributed by atoms with E-state index in [4.69, 9.17) is 0 Å². The minimum absolute atomic E-state index is 0.0430. The van der Waals surface area contributed by atoms with Gasteiger partial charge in [0.15, 0.2) is 0 Å². The first-order chi connectivity index (χ1) is 13.0. The molecule has 1 aliphatic rings. The Labute approximate surface area is 160 Å². The lowest BCUT2D eigenvalue weighted by molar-refractivity contribution is 0.0861. The lowest BCUT2D eigenvalue weighted by Gasteiger charge is -2.25. The van der Waals surface area contributed by atoms with Crippen molar-refractivity contribution in [3.05, 3.63) is 65.2 Å². The number of H-pyrrole nitrogens is 1. The summed E-state index contributed by atoms with van der Waals surface area (Å²) in [5, 5.41) is 13.0. The van der Waals surface area contributed by atoms with Crippen LogP contribution in [0.3, 0.4) is 0 Å². The topological polar surface area (TPSA) is 109 Å². The number of amides is 1. The molecule has 1 unspecified atom stereocenters. The molecular formula is C17H15N5O3S2. The van der Waals surface area contributed by atoms with Crippen molar-refractivity contribution in [2.24, 2.45) is 0 Å². The second-order valence-corrected chi connectivity index (χ2v) is 8.66. The Bertz CT molecular complexity index is 1090. The van der Waals surface area contributed by atoms with Crippen molar-refractivity contribution < 1.29 is 13.2 Å². The molecule has 1 amide bonds. The Balaban J connectivity index is 1.87. The molecule has 2 heterocycles. The monoisotopic (exact) mass is 401 g/mol. The summed E-state index contributed by atoms with van der Waals surface area (Å²) in [7, 11) is -4.00. The third-order valence-corrected chi connectivity index (χ3v) is 7.30. The molecule has 0 spiro atoms. The number of nitrogens with zero attached hydrogens (tertiary/aromatic N) is 4. The van der Waals surface area contributed by atoms with E-state index in [0.717, 1.165) is 16.1 Å². The van der Waals surface area contributed by atoms with Crippen LogP contribution in [0.2, 0.25) is 0 Å². The van der Waals surface area contributed by atoms with Gasteiger partial charge >= 0.3 is 0 Å². The molecule has 0 bridgehead atoms. The van der Waals surface area contributed by atoms with Gasteiger partial charge in [0.25, 0.3) is 15.9 Å². The highest BCUT2D eigenvalue weighted by Gasteiger charge is 2.47. The van der Waals surface area contributed by atoms with Crippen LogP contribution in [0.1, 0.15) is 33.8 Å². The van der Waals surface area contributed by atoms with Crippen molar-refractivity contribution in [1.29, 1.82) is 0 Å². The van der Waals surface area contributed by atoms with Crippen LogP contribution in [-0.4, -0.2) is 39.3 Å². The van der Waals surface area contributed by atoms with Crippen LogP contribution in [-0.2, 0) is 16.4 Å². The summed E-state index contributed by atoms with van der Waals surface area (Å²) in [6.07, 6.45) is 0.562. The number of aromatic nitrogens is 4. The average molecular weight is 401 g/mol. The van der Waals surface area contributed by atoms with Gasteiger partial charge in [0.1, 0.15) is 10.3 Å². The molecule has 8 nitrogen and oxygen atoms in total. The van der Waals surface area contributed by atoms with Gasteiger partial charge in [0.05, 0.1) is 5.56 Å². The number of hydrogen-bond donors (Lipinski definition) is 1. The molecule has 2 aromatic carbocycles. The summed E-state index contributed by atoms with van der Waals surface area (Å²) in [5.74, 6) is -0.535. The van der Waals surface area contributed by atoms with Gasteiger partial charge in [-0.25, -0.2) is 12.7 Å². The van der Waals surface area contributed by atoms with Crippen molar-refractivity contribution in [3.63, 3.8) is 0 Å². The highest BCUT2D eigenvalue weighted by Crippen LogP contribution is 2.44. The van der Waals surface area contributed by atoms with E-state index in [1.807, 2.05) is 13.0 Å². The fourth-order valence-corrected chi connectivity index (χ4v) is 6.02. The first-order valence-electron chi connectivity index (χ1n) is 8.19. The van der Waals surface area contributed by atoms with Gasteiger partial charge < -0.3 is 0 Å². The Morgan fingerprint density at radius 1 is 1.15 bits per heavy atom. The predicted octanol–water partition coefficient (Wildman–Crippen LogP) is 2.40. The molecular weight excluding hydrogens is 386 g/mol. The Morgan fingerprint density at radius 3 is 2.59 bits per heavy atom. The number of aryl methyl sites for hydroxylation is 1. The fraction of sp³-hybridized carbons (Fsp3) is 0.176. The first kappa shape index (κ1) is 17.7. The van der Waals surface area contributed by atoms with Gasteiger partial charge in [-0.3, -0.25) is 4.79 Å². The number of sulfonamides is 1. The molecule has 1 N–H and O–H groups in total. The quantitative estimate of drug-likeness (QED) is 0.654. The normalized spacial score (nSPS) is 16.3. The van der Waals surface area contributed by atoms with Crippen LogP contribution in [0.5, 0.6) is 0 Å². The number of nitrogens with one attached hydrogen (secondary N) is 1. The second-order valence-electron chi connectivity index (χ2n) is 5.83. The molecule has 0 radical (unpaired) electrons. The number of carbonyl (C=O) groups is 1. The number of hydrogen-bond acceptors (Lipinski definition) is 7. The van der Waals surface area contributed by atoms with Crippen molar-refractivity contribution in [3.8, 4) is 0 Å². The third kappa shape index (κ3) is 2.90. The Kier molecular flexibility index (Phi) is 4.44. The zero-order valence-electron chi connectivity index (χ0n) is 14.2. The molecule has 138 valence electrons. The highest BCUT2D eigenvalue weighted by atomic mass is 32.2. The number of thioether (sulfide) groups is 1. The zero-order valence-corrected chi connectivity index (χ0v) is 15.9. The molecule has 1 aromatic heterocycles. The number of aromatic amines is 1. The van der Waals surface area contributed by atoms with Crippen LogP contribution in [0.4, 0.5) is 0 Å². The summed E-state index contributed by atoms with van der Waals surface area (Å²) in [5.41, 5.74) is 1.60. The number of carbonyl (C=O) groups excluding carboxylic acids is 1. The van der Waals surface area contributed by atoms with E-state index in [1.165, 1.54) is 6.07 Å². The van der Waals surface area contributed by atoms with Gasteiger partial charge in [-0.2, -0.15) is 5.21 Å². The van der Waals surface area contributed by atoms with Crippen LogP contribution >= 0.6 is 11.8 Å². The lowest BCUT2D eigenvalue weighted by Crippen LogP contribution is -2.33. The largest absolute Gasteiger partial charge is 0.270 e. The van der Waals surface area contributed by atoms with Crippen LogP contribution in [0.25, 0.3) is 0 Å². The van der Waals surface area contributed by atoms with E-state index >= 15 is 0 Å². The van der Waals surface area contributed by atoms with Crippen molar-refractivity contribution in [2.45, 2.75) is 28.8 Å². The maximum atomic E-state index is 13.2. The summed E-state index contributed by atoms with van der Waals surface area (Å²) in [6, 6.07) is 13.9. The Morgan fingerprint density at radius 2 is 1.93 bits per heavy atom. The molecule has 0 aliphatic carbocycles. The summed E-state index contributed by atoms with van der Waals surface area (Å²) < 4.78 is 27.4. The van der Waals surface area contributed by atoms with Gasteiger partial charge in [-0.15, -0.1) is 10.2 Å². The smallest absolute Gasteiger partial charge is 0.268 e. The third-order valence-electron chi connectivity index (χ3n) is 4.28. The first-order valence-corrected chi connectivity index (χ1v) is 10.5. The number of fused-ring (bicyclic) bond motifs is 1. The molecule has 10 heteroatoms. The van der Waals surface area contributed by atoms with Gasteiger partial charge in [-0.1, -0.05) is 61.2 Å². The summed E-state index contributed by atoms with van der Waals surface area (Å²) in [6.45, 7) is 1.89. The Hall–Kier alpha value is -2.72. The number of benzene rings is 2. The van der Waals surface area contributed by atoms with Gasteiger partial charge in [0, 0.05) is 0 Å². The van der Waals surface area contributed by atoms with E-state index in [1.54, 1.807) is 36.4 Å². The minimum Gasteiger partial charge on any atom is -0.268 e. The molecule has 0 saturated heterocycles. The van der Waals surface area contributed by atoms with E-state index in [-0.39, 0.29) is 15.6 Å². The molecule has 4 rings (SSSR count). The van der Waals surface area contributed by atoms with Crippen molar-refractivity contribution in [2.75, 3.05) is 0 Å². The van der Waals surface area contributed by atoms with Crippen molar-refractivity contribution in [1.82, 2.24) is 24.9 Å². The fourth-order valence-electron chi connectivity index (χ4n) is 3.06.